The monoisotopic (exact) mass is 336 g/mol. The summed E-state index contributed by atoms with van der Waals surface area (Å²) in [7, 11) is -1.82. The highest BCUT2D eigenvalue weighted by Gasteiger charge is 2.30. The van der Waals surface area contributed by atoms with Crippen LogP contribution in [0.25, 0.3) is 0 Å². The average molecular weight is 337 g/mol. The van der Waals surface area contributed by atoms with Crippen molar-refractivity contribution in [3.05, 3.63) is 29.6 Å². The van der Waals surface area contributed by atoms with Crippen molar-refractivity contribution in [1.82, 2.24) is 9.62 Å². The lowest BCUT2D eigenvalue weighted by molar-refractivity contribution is 0.270. The third-order valence-corrected chi connectivity index (χ3v) is 5.70. The number of benzene rings is 1. The lowest BCUT2D eigenvalue weighted by Gasteiger charge is -2.31. The Labute approximate surface area is 132 Å². The number of hydrogen-bond donors (Lipinski definition) is 1. The molecule has 0 aliphatic carbocycles. The van der Waals surface area contributed by atoms with Gasteiger partial charge < -0.3 is 5.32 Å². The summed E-state index contributed by atoms with van der Waals surface area (Å²) in [4.78, 5) is -0.213. The highest BCUT2D eigenvalue weighted by Crippen LogP contribution is 2.25. The van der Waals surface area contributed by atoms with Crippen molar-refractivity contribution in [2.75, 3.05) is 26.7 Å². The van der Waals surface area contributed by atoms with Gasteiger partial charge in [-0.15, -0.1) is 12.4 Å². The first-order valence-electron chi connectivity index (χ1n) is 6.86. The largest absolute Gasteiger partial charge is 0.319 e. The second-order valence-corrected chi connectivity index (χ2v) is 7.25. The van der Waals surface area contributed by atoms with E-state index in [-0.39, 0.29) is 17.3 Å². The molecule has 1 aromatic rings. The maximum Gasteiger partial charge on any atom is 0.245 e. The molecule has 0 amide bonds. The van der Waals surface area contributed by atoms with Crippen molar-refractivity contribution in [2.45, 2.75) is 24.7 Å². The van der Waals surface area contributed by atoms with Gasteiger partial charge >= 0.3 is 0 Å². The normalized spacial score (nSPS) is 17.5. The number of nitrogens with one attached hydrogen (secondary N) is 1. The Morgan fingerprint density at radius 3 is 2.48 bits per heavy atom. The van der Waals surface area contributed by atoms with Crippen LogP contribution < -0.4 is 5.32 Å². The minimum atomic E-state index is -3.71. The van der Waals surface area contributed by atoms with Crippen molar-refractivity contribution < 1.29 is 12.8 Å². The van der Waals surface area contributed by atoms with Crippen molar-refractivity contribution in [3.63, 3.8) is 0 Å². The second-order valence-electron chi connectivity index (χ2n) is 5.34. The number of hydrogen-bond acceptors (Lipinski definition) is 3. The Kier molecular flexibility index (Phi) is 6.59. The van der Waals surface area contributed by atoms with Crippen LogP contribution in [0.15, 0.2) is 23.1 Å². The first-order chi connectivity index (χ1) is 9.45. The van der Waals surface area contributed by atoms with E-state index in [0.717, 1.165) is 19.4 Å². The molecule has 120 valence electrons. The molecule has 7 heteroatoms. The minimum Gasteiger partial charge on any atom is -0.319 e. The molecule has 0 spiro atoms. The van der Waals surface area contributed by atoms with Crippen LogP contribution in [0.3, 0.4) is 0 Å². The zero-order chi connectivity index (χ0) is 14.8. The van der Waals surface area contributed by atoms with E-state index in [1.54, 1.807) is 13.0 Å². The molecule has 21 heavy (non-hydrogen) atoms. The van der Waals surface area contributed by atoms with Crippen LogP contribution in [0.4, 0.5) is 4.39 Å². The van der Waals surface area contributed by atoms with E-state index in [0.29, 0.717) is 24.6 Å². The van der Waals surface area contributed by atoms with Gasteiger partial charge in [-0.25, -0.2) is 12.8 Å². The highest BCUT2D eigenvalue weighted by atomic mass is 35.5. The summed E-state index contributed by atoms with van der Waals surface area (Å²) < 4.78 is 40.2. The van der Waals surface area contributed by atoms with E-state index in [4.69, 9.17) is 0 Å². The van der Waals surface area contributed by atoms with Crippen LogP contribution in [0.5, 0.6) is 0 Å². The lowest BCUT2D eigenvalue weighted by atomic mass is 9.98. The van der Waals surface area contributed by atoms with Gasteiger partial charge in [-0.1, -0.05) is 6.07 Å². The summed E-state index contributed by atoms with van der Waals surface area (Å²) in [5.74, 6) is -0.170. The van der Waals surface area contributed by atoms with Crippen molar-refractivity contribution >= 4 is 22.4 Å². The average Bonchev–Trinajstić information content (AvgIpc) is 2.39. The van der Waals surface area contributed by atoms with Gasteiger partial charge in [-0.2, -0.15) is 4.31 Å². The van der Waals surface area contributed by atoms with Crippen LogP contribution in [-0.4, -0.2) is 39.4 Å². The highest BCUT2D eigenvalue weighted by molar-refractivity contribution is 7.89. The molecule has 1 aliphatic heterocycles. The Morgan fingerprint density at radius 2 is 1.95 bits per heavy atom. The van der Waals surface area contributed by atoms with Crippen molar-refractivity contribution in [3.8, 4) is 0 Å². The molecular formula is C14H22ClFN2O2S. The maximum absolute atomic E-state index is 13.9. The topological polar surface area (TPSA) is 49.4 Å². The van der Waals surface area contributed by atoms with Gasteiger partial charge in [0.05, 0.1) is 0 Å². The van der Waals surface area contributed by atoms with Crippen LogP contribution in [0.2, 0.25) is 0 Å². The summed E-state index contributed by atoms with van der Waals surface area (Å²) in [5, 5.41) is 3.11. The number of piperidine rings is 1. The molecule has 0 saturated carbocycles. The molecule has 0 unspecified atom stereocenters. The summed E-state index contributed by atoms with van der Waals surface area (Å²) in [6.07, 6.45) is 1.63. The standard InChI is InChI=1S/C14H21FN2O2S.ClH/c1-11-3-4-14(13(15)9-11)20(18,19)17-7-5-12(6-8-17)10-16-2;/h3-4,9,12,16H,5-8,10H2,1-2H3;1H. The third kappa shape index (κ3) is 4.16. The zero-order valence-corrected chi connectivity index (χ0v) is 13.9. The van der Waals surface area contributed by atoms with Crippen LogP contribution in [0, 0.1) is 18.7 Å². The van der Waals surface area contributed by atoms with Crippen LogP contribution in [-0.2, 0) is 10.0 Å². The second kappa shape index (κ2) is 7.54. The fourth-order valence-corrected chi connectivity index (χ4v) is 4.11. The number of sulfonamides is 1. The Morgan fingerprint density at radius 1 is 1.33 bits per heavy atom. The predicted octanol–water partition coefficient (Wildman–Crippen LogP) is 2.18. The molecule has 0 atom stereocenters. The first-order valence-corrected chi connectivity index (χ1v) is 8.30. The van der Waals surface area contributed by atoms with Gasteiger partial charge in [-0.3, -0.25) is 0 Å². The first kappa shape index (κ1) is 18.4. The molecular weight excluding hydrogens is 315 g/mol. The quantitative estimate of drug-likeness (QED) is 0.916. The van der Waals surface area contributed by atoms with Crippen LogP contribution >= 0.6 is 12.4 Å². The van der Waals surface area contributed by atoms with E-state index in [2.05, 4.69) is 5.32 Å². The number of nitrogens with zero attached hydrogens (tertiary/aromatic N) is 1. The number of halogens is 2. The van der Waals surface area contributed by atoms with Gasteiger partial charge in [0.15, 0.2) is 0 Å². The van der Waals surface area contributed by atoms with E-state index in [1.807, 2.05) is 7.05 Å². The molecule has 1 aromatic carbocycles. The van der Waals surface area contributed by atoms with E-state index < -0.39 is 15.8 Å². The third-order valence-electron chi connectivity index (χ3n) is 3.77. The smallest absolute Gasteiger partial charge is 0.245 e. The van der Waals surface area contributed by atoms with Crippen molar-refractivity contribution in [2.24, 2.45) is 5.92 Å². The Balaban J connectivity index is 0.00000220. The van der Waals surface area contributed by atoms with Crippen molar-refractivity contribution in [1.29, 1.82) is 0 Å². The number of rotatable bonds is 4. The summed E-state index contributed by atoms with van der Waals surface area (Å²) in [5.41, 5.74) is 0.717. The van der Waals surface area contributed by atoms with E-state index in [9.17, 15) is 12.8 Å². The molecule has 1 fully saturated rings. The molecule has 0 radical (unpaired) electrons. The fourth-order valence-electron chi connectivity index (χ4n) is 2.60. The van der Waals surface area contributed by atoms with E-state index >= 15 is 0 Å². The molecule has 0 bridgehead atoms. The van der Waals surface area contributed by atoms with Gasteiger partial charge in [-0.05, 0) is 57.0 Å². The molecule has 4 nitrogen and oxygen atoms in total. The lowest BCUT2D eigenvalue weighted by Crippen LogP contribution is -2.40. The van der Waals surface area contributed by atoms with Gasteiger partial charge in [0.1, 0.15) is 10.7 Å². The van der Waals surface area contributed by atoms with Crippen LogP contribution in [0.1, 0.15) is 18.4 Å². The van der Waals surface area contributed by atoms with Gasteiger partial charge in [0, 0.05) is 13.1 Å². The number of aryl methyl sites for hydroxylation is 1. The molecule has 1 saturated heterocycles. The molecule has 1 N–H and O–H groups in total. The molecule has 1 aliphatic rings. The Bertz CT molecular complexity index is 572. The van der Waals surface area contributed by atoms with E-state index in [1.165, 1.54) is 16.4 Å². The maximum atomic E-state index is 13.9. The SMILES string of the molecule is CNCC1CCN(S(=O)(=O)c2ccc(C)cc2F)CC1.Cl. The minimum absolute atomic E-state index is 0. The summed E-state index contributed by atoms with van der Waals surface area (Å²) >= 11 is 0. The zero-order valence-electron chi connectivity index (χ0n) is 12.3. The summed E-state index contributed by atoms with van der Waals surface area (Å²) in [6, 6.07) is 4.25. The Hall–Kier alpha value is -0.690. The molecule has 2 rings (SSSR count). The predicted molar refractivity (Wildman–Crippen MR) is 83.8 cm³/mol. The molecule has 1 heterocycles. The van der Waals surface area contributed by atoms with Gasteiger partial charge in [0.2, 0.25) is 10.0 Å². The summed E-state index contributed by atoms with van der Waals surface area (Å²) in [6.45, 7) is 3.56. The fraction of sp³-hybridized carbons (Fsp3) is 0.571. The molecule has 0 aromatic heterocycles. The van der Waals surface area contributed by atoms with Gasteiger partial charge in [0.25, 0.3) is 0 Å².